The molecule has 8 heteroatoms. The number of amides is 2. The summed E-state index contributed by atoms with van der Waals surface area (Å²) in [5.41, 5.74) is 3.54. The highest BCUT2D eigenvalue weighted by molar-refractivity contribution is 5.92. The molecule has 2 aliphatic heterocycles. The number of imidazole rings is 1. The molecule has 0 bridgehead atoms. The van der Waals surface area contributed by atoms with Gasteiger partial charge < -0.3 is 14.8 Å². The normalized spacial score (nSPS) is 18.5. The van der Waals surface area contributed by atoms with Crippen molar-refractivity contribution < 1.29 is 14.0 Å². The standard InChI is InChI=1S/C28H32FN5O2/c1-20(24-4-2-3-5-25(24)21-6-8-22(29)9-7-21)34-19-30-18-26(34)28(36)33-14-10-23(11-15-33)32-16-12-27(35)31-13-17-32/h2-9,18-20,23H,10-17H2,1H3,(H,31,35)/t20-/m0/s1. The van der Waals surface area contributed by atoms with E-state index in [2.05, 4.69) is 22.1 Å². The van der Waals surface area contributed by atoms with Gasteiger partial charge in [0.05, 0.1) is 18.6 Å². The molecule has 1 aromatic heterocycles. The SMILES string of the molecule is C[C@@H](c1ccccc1-c1ccc(F)cc1)n1cncc1C(=O)N1CCC(N2CCNC(=O)CC2)CC1. The summed E-state index contributed by atoms with van der Waals surface area (Å²) in [6, 6.07) is 14.8. The molecule has 2 fully saturated rings. The monoisotopic (exact) mass is 489 g/mol. The van der Waals surface area contributed by atoms with Crippen LogP contribution in [0.2, 0.25) is 0 Å². The van der Waals surface area contributed by atoms with Gasteiger partial charge in [0.1, 0.15) is 11.5 Å². The zero-order chi connectivity index (χ0) is 25.1. The number of halogens is 1. The Labute approximate surface area is 210 Å². The molecule has 0 spiro atoms. The molecular weight excluding hydrogens is 457 g/mol. The van der Waals surface area contributed by atoms with Gasteiger partial charge >= 0.3 is 0 Å². The lowest BCUT2D eigenvalue weighted by Crippen LogP contribution is -2.48. The molecule has 3 aromatic rings. The van der Waals surface area contributed by atoms with Crippen LogP contribution in [0.4, 0.5) is 4.39 Å². The van der Waals surface area contributed by atoms with Gasteiger partial charge in [-0.1, -0.05) is 36.4 Å². The number of rotatable bonds is 5. The van der Waals surface area contributed by atoms with E-state index in [1.807, 2.05) is 33.7 Å². The summed E-state index contributed by atoms with van der Waals surface area (Å²) < 4.78 is 15.4. The molecule has 0 unspecified atom stereocenters. The first-order valence-corrected chi connectivity index (χ1v) is 12.7. The number of carbonyl (C=O) groups excluding carboxylic acids is 2. The van der Waals surface area contributed by atoms with Gasteiger partial charge in [0.25, 0.3) is 5.91 Å². The average molecular weight is 490 g/mol. The van der Waals surface area contributed by atoms with Gasteiger partial charge in [0.15, 0.2) is 0 Å². The van der Waals surface area contributed by atoms with Crippen molar-refractivity contribution in [3.8, 4) is 11.1 Å². The van der Waals surface area contributed by atoms with Crippen molar-refractivity contribution in [2.45, 2.75) is 38.3 Å². The molecule has 0 radical (unpaired) electrons. The minimum Gasteiger partial charge on any atom is -0.355 e. The maximum atomic E-state index is 13.5. The predicted octanol–water partition coefficient (Wildman–Crippen LogP) is 3.73. The average Bonchev–Trinajstić information content (AvgIpc) is 3.30. The first-order chi connectivity index (χ1) is 17.5. The fourth-order valence-electron chi connectivity index (χ4n) is 5.43. The van der Waals surface area contributed by atoms with Crippen LogP contribution in [0, 0.1) is 5.82 Å². The molecule has 1 N–H and O–H groups in total. The van der Waals surface area contributed by atoms with Gasteiger partial charge in [-0.15, -0.1) is 0 Å². The molecule has 2 saturated heterocycles. The highest BCUT2D eigenvalue weighted by Gasteiger charge is 2.30. The number of aromatic nitrogens is 2. The van der Waals surface area contributed by atoms with Crippen LogP contribution >= 0.6 is 0 Å². The number of nitrogens with one attached hydrogen (secondary N) is 1. The molecule has 0 saturated carbocycles. The molecule has 188 valence electrons. The largest absolute Gasteiger partial charge is 0.355 e. The van der Waals surface area contributed by atoms with Crippen molar-refractivity contribution in [3.63, 3.8) is 0 Å². The fraction of sp³-hybridized carbons (Fsp3) is 0.393. The quantitative estimate of drug-likeness (QED) is 0.593. The molecule has 2 amide bonds. The zero-order valence-corrected chi connectivity index (χ0v) is 20.6. The van der Waals surface area contributed by atoms with Crippen LogP contribution in [-0.2, 0) is 4.79 Å². The van der Waals surface area contributed by atoms with Crippen molar-refractivity contribution in [2.24, 2.45) is 0 Å². The van der Waals surface area contributed by atoms with Crippen LogP contribution in [0.15, 0.2) is 61.1 Å². The van der Waals surface area contributed by atoms with Crippen molar-refractivity contribution in [1.82, 2.24) is 24.7 Å². The highest BCUT2D eigenvalue weighted by Crippen LogP contribution is 2.31. The summed E-state index contributed by atoms with van der Waals surface area (Å²) >= 11 is 0. The van der Waals surface area contributed by atoms with E-state index in [4.69, 9.17) is 0 Å². The molecular formula is C28H32FN5O2. The third-order valence-electron chi connectivity index (χ3n) is 7.48. The summed E-state index contributed by atoms with van der Waals surface area (Å²) in [6.45, 7) is 5.76. The summed E-state index contributed by atoms with van der Waals surface area (Å²) in [7, 11) is 0. The van der Waals surface area contributed by atoms with Crippen LogP contribution < -0.4 is 5.32 Å². The second-order valence-electron chi connectivity index (χ2n) is 9.62. The number of piperidine rings is 1. The summed E-state index contributed by atoms with van der Waals surface area (Å²) in [6.07, 6.45) is 5.70. The minimum absolute atomic E-state index is 0.00947. The van der Waals surface area contributed by atoms with Crippen LogP contribution in [0.5, 0.6) is 0 Å². The van der Waals surface area contributed by atoms with Crippen LogP contribution in [0.25, 0.3) is 11.1 Å². The van der Waals surface area contributed by atoms with Gasteiger partial charge in [0, 0.05) is 45.2 Å². The molecule has 7 nitrogen and oxygen atoms in total. The van der Waals surface area contributed by atoms with E-state index in [0.717, 1.165) is 42.6 Å². The zero-order valence-electron chi connectivity index (χ0n) is 20.6. The second kappa shape index (κ2) is 10.6. The molecule has 36 heavy (non-hydrogen) atoms. The first kappa shape index (κ1) is 24.2. The lowest BCUT2D eigenvalue weighted by Gasteiger charge is -2.38. The van der Waals surface area contributed by atoms with Crippen LogP contribution in [-0.4, -0.2) is 69.9 Å². The summed E-state index contributed by atoms with van der Waals surface area (Å²) in [5.74, 6) is -0.158. The third kappa shape index (κ3) is 5.04. The van der Waals surface area contributed by atoms with E-state index in [1.54, 1.807) is 24.7 Å². The van der Waals surface area contributed by atoms with Crippen molar-refractivity contribution in [1.29, 1.82) is 0 Å². The summed E-state index contributed by atoms with van der Waals surface area (Å²) in [4.78, 5) is 33.9. The van der Waals surface area contributed by atoms with E-state index in [0.29, 0.717) is 37.8 Å². The lowest BCUT2D eigenvalue weighted by atomic mass is 9.95. The van der Waals surface area contributed by atoms with E-state index in [9.17, 15) is 14.0 Å². The number of hydrogen-bond acceptors (Lipinski definition) is 4. The maximum absolute atomic E-state index is 13.5. The van der Waals surface area contributed by atoms with E-state index in [1.165, 1.54) is 12.1 Å². The lowest BCUT2D eigenvalue weighted by molar-refractivity contribution is -0.120. The Bertz CT molecular complexity index is 1220. The Morgan fingerprint density at radius 2 is 1.81 bits per heavy atom. The van der Waals surface area contributed by atoms with E-state index < -0.39 is 0 Å². The smallest absolute Gasteiger partial charge is 0.272 e. The first-order valence-electron chi connectivity index (χ1n) is 12.7. The molecule has 0 aliphatic carbocycles. The Kier molecular flexibility index (Phi) is 7.13. The Hall–Kier alpha value is -3.52. The molecule has 5 rings (SSSR count). The van der Waals surface area contributed by atoms with Crippen molar-refractivity contribution in [2.75, 3.05) is 32.7 Å². The highest BCUT2D eigenvalue weighted by atomic mass is 19.1. The van der Waals surface area contributed by atoms with Gasteiger partial charge in [-0.25, -0.2) is 9.37 Å². The predicted molar refractivity (Wildman–Crippen MR) is 136 cm³/mol. The second-order valence-corrected chi connectivity index (χ2v) is 9.62. The number of nitrogens with zero attached hydrogens (tertiary/aromatic N) is 4. The number of hydrogen-bond donors (Lipinski definition) is 1. The van der Waals surface area contributed by atoms with Crippen LogP contribution in [0.1, 0.15) is 48.3 Å². The van der Waals surface area contributed by atoms with E-state index in [-0.39, 0.29) is 23.7 Å². The molecule has 2 aliphatic rings. The third-order valence-corrected chi connectivity index (χ3v) is 7.48. The van der Waals surface area contributed by atoms with E-state index >= 15 is 0 Å². The minimum atomic E-state index is -0.267. The van der Waals surface area contributed by atoms with Crippen LogP contribution in [0.3, 0.4) is 0 Å². The number of benzene rings is 2. The maximum Gasteiger partial charge on any atom is 0.272 e. The van der Waals surface area contributed by atoms with Gasteiger partial charge in [0.2, 0.25) is 5.91 Å². The molecule has 2 aromatic carbocycles. The van der Waals surface area contributed by atoms with Gasteiger partial charge in [-0.05, 0) is 48.6 Å². The Morgan fingerprint density at radius 1 is 1.06 bits per heavy atom. The molecule has 3 heterocycles. The topological polar surface area (TPSA) is 70.5 Å². The summed E-state index contributed by atoms with van der Waals surface area (Å²) in [5, 5.41) is 2.93. The Morgan fingerprint density at radius 3 is 2.58 bits per heavy atom. The van der Waals surface area contributed by atoms with Gasteiger partial charge in [-0.3, -0.25) is 14.5 Å². The fourth-order valence-corrected chi connectivity index (χ4v) is 5.43. The van der Waals surface area contributed by atoms with Crippen molar-refractivity contribution in [3.05, 3.63) is 78.1 Å². The number of likely N-dealkylation sites (tertiary alicyclic amines) is 1. The van der Waals surface area contributed by atoms with Crippen molar-refractivity contribution >= 4 is 11.8 Å². The van der Waals surface area contributed by atoms with Gasteiger partial charge in [-0.2, -0.15) is 0 Å². The molecule has 1 atom stereocenters. The Balaban J connectivity index is 1.30. The number of carbonyl (C=O) groups is 2.